The summed E-state index contributed by atoms with van der Waals surface area (Å²) in [6, 6.07) is 11.7. The zero-order chi connectivity index (χ0) is 22.3. The summed E-state index contributed by atoms with van der Waals surface area (Å²) >= 11 is 0. The molecular formula is C21H24N2O7. The smallest absolute Gasteiger partial charge is 0.408 e. The predicted octanol–water partition coefficient (Wildman–Crippen LogP) is 3.12. The number of hydroxylamine groups is 1. The van der Waals surface area contributed by atoms with Crippen molar-refractivity contribution in [1.82, 2.24) is 10.8 Å². The number of rotatable bonds is 7. The van der Waals surface area contributed by atoms with Gasteiger partial charge in [-0.3, -0.25) is 10.0 Å². The van der Waals surface area contributed by atoms with Crippen LogP contribution in [0.1, 0.15) is 36.7 Å². The average Bonchev–Trinajstić information content (AvgIpc) is 2.67. The molecule has 2 aromatic carbocycles. The number of carboxylic acid groups (broad SMARTS) is 1. The summed E-state index contributed by atoms with van der Waals surface area (Å²) < 4.78 is 10.8. The Kier molecular flexibility index (Phi) is 7.38. The number of carbonyl (C=O) groups is 3. The van der Waals surface area contributed by atoms with Crippen LogP contribution in [0.4, 0.5) is 4.79 Å². The Morgan fingerprint density at radius 2 is 1.50 bits per heavy atom. The minimum Gasteiger partial charge on any atom is -0.480 e. The van der Waals surface area contributed by atoms with Crippen LogP contribution in [0, 0.1) is 0 Å². The molecule has 0 saturated heterocycles. The fraction of sp³-hybridized carbons (Fsp3) is 0.286. The summed E-state index contributed by atoms with van der Waals surface area (Å²) in [6.07, 6.45) is -0.729. The van der Waals surface area contributed by atoms with E-state index in [4.69, 9.17) is 14.7 Å². The zero-order valence-electron chi connectivity index (χ0n) is 16.8. The normalized spacial score (nSPS) is 11.9. The molecule has 0 aliphatic rings. The van der Waals surface area contributed by atoms with Gasteiger partial charge in [-0.15, -0.1) is 0 Å². The van der Waals surface area contributed by atoms with Crippen LogP contribution in [0.2, 0.25) is 0 Å². The number of hydrogen-bond acceptors (Lipinski definition) is 6. The molecule has 2 aromatic rings. The van der Waals surface area contributed by atoms with Gasteiger partial charge >= 0.3 is 12.1 Å². The van der Waals surface area contributed by atoms with Gasteiger partial charge in [0, 0.05) is 12.0 Å². The van der Waals surface area contributed by atoms with Gasteiger partial charge in [0.2, 0.25) is 0 Å². The van der Waals surface area contributed by atoms with Crippen LogP contribution in [0.25, 0.3) is 0 Å². The van der Waals surface area contributed by atoms with Crippen LogP contribution in [0.5, 0.6) is 11.5 Å². The van der Waals surface area contributed by atoms with Crippen LogP contribution in [0.3, 0.4) is 0 Å². The first-order valence-corrected chi connectivity index (χ1v) is 9.11. The van der Waals surface area contributed by atoms with E-state index in [1.54, 1.807) is 62.6 Å². The highest BCUT2D eigenvalue weighted by atomic mass is 16.6. The fourth-order valence-corrected chi connectivity index (χ4v) is 2.45. The monoisotopic (exact) mass is 416 g/mol. The Bertz CT molecular complexity index is 887. The summed E-state index contributed by atoms with van der Waals surface area (Å²) in [5.74, 6) is -0.815. The Morgan fingerprint density at radius 1 is 0.967 bits per heavy atom. The first-order chi connectivity index (χ1) is 14.1. The molecule has 1 unspecified atom stereocenters. The van der Waals surface area contributed by atoms with Crippen LogP contribution in [-0.4, -0.2) is 39.9 Å². The summed E-state index contributed by atoms with van der Waals surface area (Å²) in [5.41, 5.74) is 1.77. The zero-order valence-corrected chi connectivity index (χ0v) is 16.8. The summed E-state index contributed by atoms with van der Waals surface area (Å²) in [5, 5.41) is 20.3. The fourth-order valence-electron chi connectivity index (χ4n) is 2.45. The van der Waals surface area contributed by atoms with Crippen molar-refractivity contribution in [3.63, 3.8) is 0 Å². The van der Waals surface area contributed by atoms with Gasteiger partial charge in [0.05, 0.1) is 0 Å². The lowest BCUT2D eigenvalue weighted by Crippen LogP contribution is -2.44. The minimum absolute atomic E-state index is 0.0693. The number of aliphatic carboxylic acids is 1. The molecule has 0 radical (unpaired) electrons. The highest BCUT2D eigenvalue weighted by Crippen LogP contribution is 2.22. The second-order valence-electron chi connectivity index (χ2n) is 7.45. The van der Waals surface area contributed by atoms with Crippen molar-refractivity contribution in [2.24, 2.45) is 0 Å². The van der Waals surface area contributed by atoms with Gasteiger partial charge in [0.15, 0.2) is 0 Å². The molecule has 9 heteroatoms. The quantitative estimate of drug-likeness (QED) is 0.402. The third kappa shape index (κ3) is 7.10. The third-order valence-corrected chi connectivity index (χ3v) is 3.81. The second-order valence-corrected chi connectivity index (χ2v) is 7.45. The molecule has 160 valence electrons. The molecule has 0 aliphatic heterocycles. The van der Waals surface area contributed by atoms with E-state index in [0.717, 1.165) is 0 Å². The number of amides is 2. The van der Waals surface area contributed by atoms with Crippen LogP contribution in [0.15, 0.2) is 48.5 Å². The maximum atomic E-state index is 11.9. The van der Waals surface area contributed by atoms with E-state index in [1.807, 2.05) is 0 Å². The Morgan fingerprint density at radius 3 is 1.97 bits per heavy atom. The topological polar surface area (TPSA) is 134 Å². The van der Waals surface area contributed by atoms with Gasteiger partial charge in [-0.25, -0.2) is 15.1 Å². The van der Waals surface area contributed by atoms with Crippen molar-refractivity contribution in [2.75, 3.05) is 0 Å². The van der Waals surface area contributed by atoms with Crippen molar-refractivity contribution in [2.45, 2.75) is 38.8 Å². The van der Waals surface area contributed by atoms with Gasteiger partial charge in [-0.05, 0) is 62.7 Å². The lowest BCUT2D eigenvalue weighted by molar-refractivity contribution is -0.139. The molecular weight excluding hydrogens is 392 g/mol. The minimum atomic E-state index is -1.17. The van der Waals surface area contributed by atoms with E-state index >= 15 is 0 Å². The van der Waals surface area contributed by atoms with Crippen LogP contribution in [-0.2, 0) is 16.0 Å². The van der Waals surface area contributed by atoms with E-state index in [1.165, 1.54) is 12.1 Å². The molecule has 0 bridgehead atoms. The molecule has 0 fully saturated rings. The maximum absolute atomic E-state index is 11.9. The number of carboxylic acids is 1. The molecule has 4 N–H and O–H groups in total. The van der Waals surface area contributed by atoms with Crippen molar-refractivity contribution in [3.8, 4) is 11.5 Å². The van der Waals surface area contributed by atoms with E-state index in [0.29, 0.717) is 17.1 Å². The number of ether oxygens (including phenoxy) is 2. The molecule has 0 aliphatic carbocycles. The van der Waals surface area contributed by atoms with Crippen molar-refractivity contribution in [3.05, 3.63) is 59.7 Å². The average molecular weight is 416 g/mol. The Balaban J connectivity index is 1.99. The molecule has 9 nitrogen and oxygen atoms in total. The molecule has 2 amide bonds. The number of carbonyl (C=O) groups excluding carboxylic acids is 2. The predicted molar refractivity (Wildman–Crippen MR) is 107 cm³/mol. The molecule has 0 spiro atoms. The highest BCUT2D eigenvalue weighted by molar-refractivity contribution is 5.93. The number of hydrogen-bond donors (Lipinski definition) is 4. The van der Waals surface area contributed by atoms with Gasteiger partial charge in [0.1, 0.15) is 23.1 Å². The van der Waals surface area contributed by atoms with Gasteiger partial charge in [-0.1, -0.05) is 12.1 Å². The van der Waals surface area contributed by atoms with Crippen molar-refractivity contribution < 1.29 is 34.2 Å². The van der Waals surface area contributed by atoms with E-state index in [2.05, 4.69) is 5.32 Å². The van der Waals surface area contributed by atoms with E-state index in [9.17, 15) is 19.5 Å². The molecule has 30 heavy (non-hydrogen) atoms. The van der Waals surface area contributed by atoms with Crippen molar-refractivity contribution >= 4 is 18.0 Å². The van der Waals surface area contributed by atoms with Crippen LogP contribution < -0.4 is 15.5 Å². The van der Waals surface area contributed by atoms with E-state index < -0.39 is 29.6 Å². The second kappa shape index (κ2) is 9.75. The molecule has 1 atom stereocenters. The maximum Gasteiger partial charge on any atom is 0.408 e. The lowest BCUT2D eigenvalue weighted by Gasteiger charge is -2.22. The number of benzene rings is 2. The number of nitrogens with one attached hydrogen (secondary N) is 2. The highest BCUT2D eigenvalue weighted by Gasteiger charge is 2.24. The lowest BCUT2D eigenvalue weighted by atomic mass is 10.1. The van der Waals surface area contributed by atoms with Gasteiger partial charge in [-0.2, -0.15) is 0 Å². The van der Waals surface area contributed by atoms with E-state index in [-0.39, 0.29) is 12.0 Å². The van der Waals surface area contributed by atoms with Gasteiger partial charge in [0.25, 0.3) is 5.91 Å². The summed E-state index contributed by atoms with van der Waals surface area (Å²) in [6.45, 7) is 5.07. The largest absolute Gasteiger partial charge is 0.480 e. The van der Waals surface area contributed by atoms with Gasteiger partial charge < -0.3 is 19.9 Å². The first-order valence-electron chi connectivity index (χ1n) is 9.11. The first kappa shape index (κ1) is 22.7. The summed E-state index contributed by atoms with van der Waals surface area (Å²) in [7, 11) is 0. The van der Waals surface area contributed by atoms with Crippen LogP contribution >= 0.6 is 0 Å². The number of alkyl carbamates (subject to hydrolysis) is 1. The summed E-state index contributed by atoms with van der Waals surface area (Å²) in [4.78, 5) is 34.6. The van der Waals surface area contributed by atoms with Crippen molar-refractivity contribution in [1.29, 1.82) is 0 Å². The Hall–Kier alpha value is -3.59. The molecule has 0 aromatic heterocycles. The standard InChI is InChI=1S/C21H24N2O7/c1-21(2,3)30-20(27)22-17(19(25)26)12-13-4-8-15(9-5-13)29-16-10-6-14(7-11-16)18(24)23-28/h4-11,17,28H,12H2,1-3H3,(H,22,27)(H,23,24)(H,25,26). The third-order valence-electron chi connectivity index (χ3n) is 3.81. The Labute approximate surface area is 173 Å². The molecule has 0 saturated carbocycles. The molecule has 0 heterocycles. The SMILES string of the molecule is CC(C)(C)OC(=O)NC(Cc1ccc(Oc2ccc(C(=O)NO)cc2)cc1)C(=O)O. The molecule has 2 rings (SSSR count).